The lowest BCUT2D eigenvalue weighted by Crippen LogP contribution is -2.18. The quantitative estimate of drug-likeness (QED) is 0.878. The standard InChI is InChI=1S/C13H12F3N3/c14-13(15,16)9-3-1-2-8(6-9)10-7-11(19-18-10)12(17)4-5-12/h1-3,6-7H,4-5,17H2,(H,18,19). The van der Waals surface area contributed by atoms with Gasteiger partial charge >= 0.3 is 6.18 Å². The van der Waals surface area contributed by atoms with Crippen LogP contribution in [-0.4, -0.2) is 10.2 Å². The Bertz CT molecular complexity index is 612. The Labute approximate surface area is 107 Å². The molecule has 2 aromatic rings. The summed E-state index contributed by atoms with van der Waals surface area (Å²) < 4.78 is 37.9. The average molecular weight is 267 g/mol. The van der Waals surface area contributed by atoms with Gasteiger partial charge < -0.3 is 5.73 Å². The molecule has 3 N–H and O–H groups in total. The smallest absolute Gasteiger partial charge is 0.320 e. The van der Waals surface area contributed by atoms with Crippen molar-refractivity contribution in [2.75, 3.05) is 0 Å². The third kappa shape index (κ3) is 2.23. The summed E-state index contributed by atoms with van der Waals surface area (Å²) in [6.45, 7) is 0. The maximum atomic E-state index is 12.6. The maximum Gasteiger partial charge on any atom is 0.416 e. The number of hydrogen-bond donors (Lipinski definition) is 2. The van der Waals surface area contributed by atoms with Crippen LogP contribution in [0, 0.1) is 0 Å². The molecule has 0 saturated heterocycles. The Kier molecular flexibility index (Phi) is 2.47. The van der Waals surface area contributed by atoms with Crippen LogP contribution in [0.25, 0.3) is 11.3 Å². The molecule has 19 heavy (non-hydrogen) atoms. The third-order valence-corrected chi connectivity index (χ3v) is 3.39. The number of nitrogens with one attached hydrogen (secondary N) is 1. The summed E-state index contributed by atoms with van der Waals surface area (Å²) in [5.41, 5.74) is 6.66. The molecular weight excluding hydrogens is 255 g/mol. The number of nitrogens with zero attached hydrogens (tertiary/aromatic N) is 1. The minimum atomic E-state index is -4.35. The van der Waals surface area contributed by atoms with Crippen LogP contribution in [-0.2, 0) is 11.7 Å². The van der Waals surface area contributed by atoms with E-state index >= 15 is 0 Å². The molecule has 0 unspecified atom stereocenters. The molecule has 0 aliphatic heterocycles. The molecule has 1 aliphatic carbocycles. The van der Waals surface area contributed by atoms with E-state index in [1.165, 1.54) is 6.07 Å². The lowest BCUT2D eigenvalue weighted by atomic mass is 10.1. The van der Waals surface area contributed by atoms with E-state index < -0.39 is 11.7 Å². The van der Waals surface area contributed by atoms with Crippen molar-refractivity contribution >= 4 is 0 Å². The second-order valence-electron chi connectivity index (χ2n) is 4.90. The van der Waals surface area contributed by atoms with Crippen molar-refractivity contribution in [1.29, 1.82) is 0 Å². The van der Waals surface area contributed by atoms with Gasteiger partial charge in [-0.1, -0.05) is 12.1 Å². The van der Waals surface area contributed by atoms with Gasteiger partial charge in [-0.3, -0.25) is 5.10 Å². The van der Waals surface area contributed by atoms with Crippen LogP contribution in [0.15, 0.2) is 30.3 Å². The van der Waals surface area contributed by atoms with Gasteiger partial charge in [0.1, 0.15) is 0 Å². The number of aromatic amines is 1. The fourth-order valence-electron chi connectivity index (χ4n) is 1.98. The van der Waals surface area contributed by atoms with Gasteiger partial charge in [-0.25, -0.2) is 0 Å². The van der Waals surface area contributed by atoms with Gasteiger partial charge in [-0.2, -0.15) is 18.3 Å². The van der Waals surface area contributed by atoms with Gasteiger partial charge in [-0.05, 0) is 31.0 Å². The zero-order valence-electron chi connectivity index (χ0n) is 9.96. The Morgan fingerprint density at radius 2 is 1.95 bits per heavy atom. The monoisotopic (exact) mass is 267 g/mol. The van der Waals surface area contributed by atoms with Crippen LogP contribution in [0.4, 0.5) is 13.2 Å². The summed E-state index contributed by atoms with van der Waals surface area (Å²) in [5.74, 6) is 0. The number of H-pyrrole nitrogens is 1. The van der Waals surface area contributed by atoms with Gasteiger partial charge in [0, 0.05) is 5.56 Å². The second kappa shape index (κ2) is 3.84. The van der Waals surface area contributed by atoms with Gasteiger partial charge in [-0.15, -0.1) is 0 Å². The zero-order valence-corrected chi connectivity index (χ0v) is 9.96. The van der Waals surface area contributed by atoms with E-state index in [0.29, 0.717) is 11.3 Å². The number of nitrogens with two attached hydrogens (primary N) is 1. The summed E-state index contributed by atoms with van der Waals surface area (Å²) in [6.07, 6.45) is -2.60. The van der Waals surface area contributed by atoms with E-state index in [4.69, 9.17) is 5.73 Å². The zero-order chi connectivity index (χ0) is 13.7. The molecule has 6 heteroatoms. The molecule has 0 spiro atoms. The van der Waals surface area contributed by atoms with Crippen molar-refractivity contribution in [3.05, 3.63) is 41.6 Å². The van der Waals surface area contributed by atoms with Crippen molar-refractivity contribution in [1.82, 2.24) is 10.2 Å². The first kappa shape index (κ1) is 12.2. The predicted molar refractivity (Wildman–Crippen MR) is 64.1 cm³/mol. The van der Waals surface area contributed by atoms with Crippen LogP contribution in [0.3, 0.4) is 0 Å². The first-order valence-electron chi connectivity index (χ1n) is 5.91. The van der Waals surface area contributed by atoms with Gasteiger partial charge in [0.15, 0.2) is 0 Å². The molecule has 1 fully saturated rings. The predicted octanol–water partition coefficient (Wildman–Crippen LogP) is 3.04. The largest absolute Gasteiger partial charge is 0.416 e. The van der Waals surface area contributed by atoms with Crippen LogP contribution in [0.1, 0.15) is 24.1 Å². The number of aromatic nitrogens is 2. The van der Waals surface area contributed by atoms with Crippen LogP contribution in [0.2, 0.25) is 0 Å². The summed E-state index contributed by atoms with van der Waals surface area (Å²) in [6, 6.07) is 6.84. The topological polar surface area (TPSA) is 54.7 Å². The highest BCUT2D eigenvalue weighted by Gasteiger charge is 2.41. The van der Waals surface area contributed by atoms with Gasteiger partial charge in [0.25, 0.3) is 0 Å². The molecule has 0 radical (unpaired) electrons. The fraction of sp³-hybridized carbons (Fsp3) is 0.308. The van der Waals surface area contributed by atoms with E-state index in [1.807, 2.05) is 0 Å². The number of alkyl halides is 3. The molecular formula is C13H12F3N3. The lowest BCUT2D eigenvalue weighted by molar-refractivity contribution is -0.137. The van der Waals surface area contributed by atoms with E-state index in [0.717, 1.165) is 30.7 Å². The number of hydrogen-bond acceptors (Lipinski definition) is 2. The molecule has 1 saturated carbocycles. The Hall–Kier alpha value is -1.82. The maximum absolute atomic E-state index is 12.6. The minimum Gasteiger partial charge on any atom is -0.320 e. The molecule has 3 nitrogen and oxygen atoms in total. The highest BCUT2D eigenvalue weighted by molar-refractivity contribution is 5.61. The van der Waals surface area contributed by atoms with E-state index in [-0.39, 0.29) is 5.54 Å². The van der Waals surface area contributed by atoms with E-state index in [9.17, 15) is 13.2 Å². The van der Waals surface area contributed by atoms with Crippen LogP contribution >= 0.6 is 0 Å². The Morgan fingerprint density at radius 1 is 1.21 bits per heavy atom. The second-order valence-corrected chi connectivity index (χ2v) is 4.90. The average Bonchev–Trinajstić information content (AvgIpc) is 2.93. The molecule has 0 bridgehead atoms. The van der Waals surface area contributed by atoms with Gasteiger partial charge in [0.2, 0.25) is 0 Å². The number of benzene rings is 1. The van der Waals surface area contributed by atoms with Crippen molar-refractivity contribution in [3.63, 3.8) is 0 Å². The fourth-order valence-corrected chi connectivity index (χ4v) is 1.98. The van der Waals surface area contributed by atoms with Crippen LogP contribution in [0.5, 0.6) is 0 Å². The molecule has 1 heterocycles. The molecule has 0 atom stereocenters. The van der Waals surface area contributed by atoms with Crippen molar-refractivity contribution < 1.29 is 13.2 Å². The SMILES string of the molecule is NC1(c2cc(-c3cccc(C(F)(F)F)c3)n[nH]2)CC1. The summed E-state index contributed by atoms with van der Waals surface area (Å²) in [7, 11) is 0. The molecule has 100 valence electrons. The number of rotatable bonds is 2. The van der Waals surface area contributed by atoms with Crippen LogP contribution < -0.4 is 5.73 Å². The highest BCUT2D eigenvalue weighted by Crippen LogP contribution is 2.42. The number of halogens is 3. The summed E-state index contributed by atoms with van der Waals surface area (Å²) in [4.78, 5) is 0. The molecule has 3 rings (SSSR count). The summed E-state index contributed by atoms with van der Waals surface area (Å²) in [5, 5.41) is 6.85. The first-order chi connectivity index (χ1) is 8.88. The Morgan fingerprint density at radius 3 is 2.58 bits per heavy atom. The molecule has 0 amide bonds. The third-order valence-electron chi connectivity index (χ3n) is 3.39. The molecule has 1 aromatic heterocycles. The highest BCUT2D eigenvalue weighted by atomic mass is 19.4. The lowest BCUT2D eigenvalue weighted by Gasteiger charge is -2.07. The van der Waals surface area contributed by atoms with Gasteiger partial charge in [0.05, 0.1) is 22.5 Å². The summed E-state index contributed by atoms with van der Waals surface area (Å²) >= 11 is 0. The Balaban J connectivity index is 1.96. The van der Waals surface area contributed by atoms with E-state index in [1.54, 1.807) is 12.1 Å². The van der Waals surface area contributed by atoms with Crippen molar-refractivity contribution in [2.24, 2.45) is 5.73 Å². The van der Waals surface area contributed by atoms with Crippen molar-refractivity contribution in [3.8, 4) is 11.3 Å². The minimum absolute atomic E-state index is 0.368. The molecule has 1 aromatic carbocycles. The normalized spacial score (nSPS) is 17.5. The van der Waals surface area contributed by atoms with E-state index in [2.05, 4.69) is 10.2 Å². The van der Waals surface area contributed by atoms with Crippen molar-refractivity contribution in [2.45, 2.75) is 24.6 Å². The first-order valence-corrected chi connectivity index (χ1v) is 5.91. The molecule has 1 aliphatic rings.